The van der Waals surface area contributed by atoms with Gasteiger partial charge in [-0.25, -0.2) is 27.5 Å². The number of pyridine rings is 1. The monoisotopic (exact) mass is 630 g/mol. The molecule has 1 aromatic carbocycles. The molecule has 0 saturated carbocycles. The molecule has 2 atom stereocenters. The third-order valence-electron chi connectivity index (χ3n) is 7.99. The molecule has 2 aromatic heterocycles. The van der Waals surface area contributed by atoms with Crippen molar-refractivity contribution in [3.63, 3.8) is 0 Å². The van der Waals surface area contributed by atoms with Gasteiger partial charge in [0.15, 0.2) is 0 Å². The zero-order valence-corrected chi connectivity index (χ0v) is 25.2. The van der Waals surface area contributed by atoms with Crippen molar-refractivity contribution in [2.24, 2.45) is 0 Å². The maximum Gasteiger partial charge on any atom is 0.257 e. The number of aromatic amines is 1. The van der Waals surface area contributed by atoms with Gasteiger partial charge in [0.2, 0.25) is 18.3 Å². The van der Waals surface area contributed by atoms with E-state index < -0.39 is 30.9 Å². The molecule has 4 heterocycles. The molecule has 0 bridgehead atoms. The number of nitriles is 1. The van der Waals surface area contributed by atoms with Crippen LogP contribution < -0.4 is 20.7 Å². The quantitative estimate of drug-likeness (QED) is 0.361. The Morgan fingerprint density at radius 3 is 2.56 bits per heavy atom. The van der Waals surface area contributed by atoms with Crippen molar-refractivity contribution in [2.45, 2.75) is 39.0 Å². The van der Waals surface area contributed by atoms with Gasteiger partial charge in [0.1, 0.15) is 24.4 Å². The fourth-order valence-electron chi connectivity index (χ4n) is 5.51. The lowest BCUT2D eigenvalue weighted by Crippen LogP contribution is -2.55. The minimum Gasteiger partial charge on any atom is -0.367 e. The number of aromatic nitrogens is 3. The molecule has 5 rings (SSSR count). The maximum atomic E-state index is 15.9. The van der Waals surface area contributed by atoms with Gasteiger partial charge in [-0.15, -0.1) is 0 Å². The van der Waals surface area contributed by atoms with Gasteiger partial charge in [0, 0.05) is 70.7 Å². The topological polar surface area (TPSA) is 121 Å². The van der Waals surface area contributed by atoms with Crippen molar-refractivity contribution in [3.8, 4) is 6.07 Å². The van der Waals surface area contributed by atoms with Gasteiger partial charge < -0.3 is 20.1 Å². The summed E-state index contributed by atoms with van der Waals surface area (Å²) in [7, 11) is 2.05. The van der Waals surface area contributed by atoms with E-state index in [4.69, 9.17) is 0 Å². The normalized spacial score (nSPS) is 18.4. The molecule has 1 saturated heterocycles. The number of hydrogen-bond acceptors (Lipinski definition) is 8. The number of piperazine rings is 1. The Morgan fingerprint density at radius 2 is 1.89 bits per heavy atom. The summed E-state index contributed by atoms with van der Waals surface area (Å²) in [6.45, 7) is 3.63. The summed E-state index contributed by atoms with van der Waals surface area (Å²) in [4.78, 5) is 42.0. The Labute approximate surface area is 261 Å². The summed E-state index contributed by atoms with van der Waals surface area (Å²) in [5.74, 6) is -0.439. The van der Waals surface area contributed by atoms with E-state index in [9.17, 15) is 28.0 Å². The third-order valence-corrected chi connectivity index (χ3v) is 7.99. The van der Waals surface area contributed by atoms with Gasteiger partial charge in [0.05, 0.1) is 16.9 Å². The van der Waals surface area contributed by atoms with E-state index in [-0.39, 0.29) is 31.9 Å². The van der Waals surface area contributed by atoms with Crippen LogP contribution >= 0.6 is 0 Å². The van der Waals surface area contributed by atoms with E-state index in [2.05, 4.69) is 39.0 Å². The first-order chi connectivity index (χ1) is 21.6. The number of anilines is 3. The molecule has 242 valence electrons. The van der Waals surface area contributed by atoms with E-state index in [1.807, 2.05) is 29.0 Å². The molecular weight excluding hydrogens is 592 g/mol. The second kappa shape index (κ2) is 14.8. The van der Waals surface area contributed by atoms with Crippen LogP contribution in [-0.2, 0) is 6.67 Å². The number of nitrogens with zero attached hydrogens (tertiary/aromatic N) is 6. The molecule has 0 aliphatic carbocycles. The molecule has 10 nitrogen and oxygen atoms in total. The van der Waals surface area contributed by atoms with Gasteiger partial charge in [-0.3, -0.25) is 14.5 Å². The Hall–Kier alpha value is -4.77. The number of likely N-dealkylation sites (N-methyl/N-ethyl adjacent to an activating group) is 1. The molecule has 2 aliphatic heterocycles. The SMILES string of the molecule is C[C@@H]1CN(c2cc(F)c(C3=CCCN(c4ccnc(C#N)n4)C3)cc2NC(=O)c2c[nH]c(=O)cc2CF)C[C@H](C)N1C.FCF.[HH].[HH]. The van der Waals surface area contributed by atoms with Crippen LogP contribution in [-0.4, -0.2) is 78.0 Å². The summed E-state index contributed by atoms with van der Waals surface area (Å²) in [5.41, 5.74) is 1.36. The van der Waals surface area contributed by atoms with Crippen LogP contribution in [0.3, 0.4) is 0 Å². The molecule has 2 N–H and O–H groups in total. The highest BCUT2D eigenvalue weighted by molar-refractivity contribution is 6.07. The van der Waals surface area contributed by atoms with E-state index in [1.165, 1.54) is 18.5 Å². The molecule has 14 heteroatoms. The molecule has 0 spiro atoms. The van der Waals surface area contributed by atoms with E-state index in [1.54, 1.807) is 12.1 Å². The average Bonchev–Trinajstić information content (AvgIpc) is 3.04. The van der Waals surface area contributed by atoms with Crippen molar-refractivity contribution in [1.82, 2.24) is 19.9 Å². The van der Waals surface area contributed by atoms with Crippen molar-refractivity contribution in [1.29, 1.82) is 5.26 Å². The number of hydrogen-bond donors (Lipinski definition) is 2. The highest BCUT2D eigenvalue weighted by Gasteiger charge is 2.30. The second-order valence-electron chi connectivity index (χ2n) is 10.8. The molecule has 0 radical (unpaired) electrons. The lowest BCUT2D eigenvalue weighted by atomic mass is 9.98. The smallest absolute Gasteiger partial charge is 0.257 e. The second-order valence-corrected chi connectivity index (χ2v) is 10.8. The summed E-state index contributed by atoms with van der Waals surface area (Å²) in [6.07, 6.45) is 5.28. The molecule has 1 amide bonds. The highest BCUT2D eigenvalue weighted by atomic mass is 19.3. The predicted molar refractivity (Wildman–Crippen MR) is 168 cm³/mol. The lowest BCUT2D eigenvalue weighted by Gasteiger charge is -2.44. The number of nitrogens with one attached hydrogen (secondary N) is 2. The number of benzene rings is 1. The largest absolute Gasteiger partial charge is 0.367 e. The van der Waals surface area contributed by atoms with E-state index in [0.717, 1.165) is 6.07 Å². The lowest BCUT2D eigenvalue weighted by molar-refractivity contribution is 0.102. The van der Waals surface area contributed by atoms with Crippen LogP contribution in [0.25, 0.3) is 5.57 Å². The fraction of sp³-hybridized carbons (Fsp3) is 0.387. The minimum atomic E-state index is -1.75. The molecule has 0 unspecified atom stereocenters. The van der Waals surface area contributed by atoms with Crippen LogP contribution in [0.1, 0.15) is 50.4 Å². The van der Waals surface area contributed by atoms with E-state index >= 15 is 4.39 Å². The average molecular weight is 631 g/mol. The number of carbonyl (C=O) groups is 1. The van der Waals surface area contributed by atoms with E-state index in [0.29, 0.717) is 60.9 Å². The first kappa shape index (κ1) is 33.1. The summed E-state index contributed by atoms with van der Waals surface area (Å²) in [5, 5.41) is 12.1. The van der Waals surface area contributed by atoms with Crippen molar-refractivity contribution in [3.05, 3.63) is 81.4 Å². The summed E-state index contributed by atoms with van der Waals surface area (Å²) >= 11 is 0. The maximum absolute atomic E-state index is 15.9. The summed E-state index contributed by atoms with van der Waals surface area (Å²) < 4.78 is 48.9. The first-order valence-corrected chi connectivity index (χ1v) is 14.3. The van der Waals surface area contributed by atoms with Crippen molar-refractivity contribution in [2.75, 3.05) is 55.3 Å². The molecule has 2 aliphatic rings. The minimum absolute atomic E-state index is 0. The van der Waals surface area contributed by atoms with Gasteiger partial charge in [-0.2, -0.15) is 5.26 Å². The Morgan fingerprint density at radius 1 is 1.18 bits per heavy atom. The highest BCUT2D eigenvalue weighted by Crippen LogP contribution is 2.36. The van der Waals surface area contributed by atoms with Crippen LogP contribution in [0.2, 0.25) is 0 Å². The van der Waals surface area contributed by atoms with Gasteiger partial charge in [0.25, 0.3) is 5.91 Å². The standard InChI is InChI=1S/C30H32F2N8O2.CH2F2.2H2/c1-18-15-40(16-19(2)38(18)3)26-11-24(32)22(10-25(26)36-30(42)23-14-35-29(41)9-21(23)12-31)20-5-4-8-39(17-20)28-6-7-34-27(13-33)37-28;2-1-3;;/h5-7,9-11,14,18-19H,4,8,12,15-17H2,1-3H3,(H,35,41)(H,36,42);1H2;2*1H/t18-,19+;;;. The summed E-state index contributed by atoms with van der Waals surface area (Å²) in [6, 6.07) is 8.12. The first-order valence-electron chi connectivity index (χ1n) is 14.3. The van der Waals surface area contributed by atoms with Crippen LogP contribution in [0.4, 0.5) is 34.8 Å². The number of alkyl halides is 3. The third kappa shape index (κ3) is 7.66. The van der Waals surface area contributed by atoms with Crippen LogP contribution in [0.5, 0.6) is 0 Å². The Kier molecular flexibility index (Phi) is 10.9. The molecule has 45 heavy (non-hydrogen) atoms. The van der Waals surface area contributed by atoms with Gasteiger partial charge in [-0.05, 0) is 51.1 Å². The Bertz CT molecular complexity index is 1660. The van der Waals surface area contributed by atoms with Gasteiger partial charge in [-0.1, -0.05) is 6.08 Å². The molecule has 1 fully saturated rings. The van der Waals surface area contributed by atoms with Crippen LogP contribution in [0.15, 0.2) is 47.5 Å². The number of amides is 1. The molecule has 3 aromatic rings. The number of carbonyl (C=O) groups excluding carboxylic acids is 1. The predicted octanol–water partition coefficient (Wildman–Crippen LogP) is 5.09. The number of rotatable bonds is 6. The number of H-pyrrole nitrogens is 1. The van der Waals surface area contributed by atoms with Gasteiger partial charge >= 0.3 is 0 Å². The van der Waals surface area contributed by atoms with Crippen LogP contribution in [0, 0.1) is 17.1 Å². The van der Waals surface area contributed by atoms with Crippen molar-refractivity contribution < 1.29 is 25.2 Å². The number of halogens is 4. The zero-order chi connectivity index (χ0) is 32.7. The zero-order valence-electron chi connectivity index (χ0n) is 25.2. The Balaban J connectivity index is 0.00000148. The van der Waals surface area contributed by atoms with Crippen molar-refractivity contribution >= 4 is 28.7 Å². The fourth-order valence-corrected chi connectivity index (χ4v) is 5.51. The molecular formula is C31H38F4N8O2.